The molecule has 37 heavy (non-hydrogen) atoms. The lowest BCUT2D eigenvalue weighted by molar-refractivity contribution is 0.0953. The van der Waals surface area contributed by atoms with Crippen LogP contribution in [0.3, 0.4) is 0 Å². The number of fused-ring (bicyclic) bond motifs is 1. The molecule has 0 atom stereocenters. The van der Waals surface area contributed by atoms with Crippen LogP contribution in [0, 0.1) is 0 Å². The van der Waals surface area contributed by atoms with Crippen LogP contribution >= 0.6 is 0 Å². The second-order valence-corrected chi connectivity index (χ2v) is 9.46. The number of aryl methyl sites for hydroxylation is 1. The van der Waals surface area contributed by atoms with E-state index in [1.54, 1.807) is 17.0 Å². The van der Waals surface area contributed by atoms with E-state index in [1.807, 2.05) is 48.5 Å². The predicted octanol–water partition coefficient (Wildman–Crippen LogP) is 4.98. The highest BCUT2D eigenvalue weighted by Gasteiger charge is 2.34. The van der Waals surface area contributed by atoms with Gasteiger partial charge in [-0.2, -0.15) is 0 Å². The fourth-order valence-electron chi connectivity index (χ4n) is 5.17. The first-order chi connectivity index (χ1) is 18.1. The Kier molecular flexibility index (Phi) is 7.56. The summed E-state index contributed by atoms with van der Waals surface area (Å²) in [6.45, 7) is 2.29. The van der Waals surface area contributed by atoms with Gasteiger partial charge in [-0.3, -0.25) is 20.4 Å². The van der Waals surface area contributed by atoms with Crippen molar-refractivity contribution in [3.63, 3.8) is 0 Å². The van der Waals surface area contributed by atoms with Gasteiger partial charge in [-0.05, 0) is 55.5 Å². The minimum Gasteiger partial charge on any atom is -0.444 e. The third-order valence-corrected chi connectivity index (χ3v) is 7.12. The minimum absolute atomic E-state index is 0.0386. The van der Waals surface area contributed by atoms with Crippen LogP contribution in [0.15, 0.2) is 72.8 Å². The Morgan fingerprint density at radius 3 is 2.51 bits per heavy atom. The molecular formula is C29H32N4O4. The molecule has 8 nitrogen and oxygen atoms in total. The molecule has 0 unspecified atom stereocenters. The van der Waals surface area contributed by atoms with Crippen LogP contribution in [0.5, 0.6) is 0 Å². The van der Waals surface area contributed by atoms with Crippen molar-refractivity contribution in [2.75, 3.05) is 34.9 Å². The Labute approximate surface area is 216 Å². The molecule has 1 fully saturated rings. The van der Waals surface area contributed by atoms with Crippen LogP contribution in [0.1, 0.15) is 40.7 Å². The topological polar surface area (TPSA) is 94.1 Å². The van der Waals surface area contributed by atoms with Gasteiger partial charge in [-0.25, -0.2) is 4.79 Å². The van der Waals surface area contributed by atoms with Gasteiger partial charge in [0.05, 0.1) is 17.1 Å². The number of benzene rings is 3. The van der Waals surface area contributed by atoms with Gasteiger partial charge in [0.1, 0.15) is 6.61 Å². The summed E-state index contributed by atoms with van der Waals surface area (Å²) >= 11 is 0. The van der Waals surface area contributed by atoms with Crippen molar-refractivity contribution < 1.29 is 19.5 Å². The van der Waals surface area contributed by atoms with E-state index >= 15 is 0 Å². The molecule has 3 N–H and O–H groups in total. The molecule has 0 bridgehead atoms. The van der Waals surface area contributed by atoms with Crippen LogP contribution in [0.25, 0.3) is 0 Å². The van der Waals surface area contributed by atoms with Gasteiger partial charge < -0.3 is 15.0 Å². The zero-order valence-electron chi connectivity index (χ0n) is 20.7. The molecule has 5 rings (SSSR count). The summed E-state index contributed by atoms with van der Waals surface area (Å²) in [7, 11) is 0. The van der Waals surface area contributed by atoms with Gasteiger partial charge in [0.2, 0.25) is 0 Å². The first-order valence-electron chi connectivity index (χ1n) is 12.8. The lowest BCUT2D eigenvalue weighted by Crippen LogP contribution is -2.49. The highest BCUT2D eigenvalue weighted by atomic mass is 16.6. The summed E-state index contributed by atoms with van der Waals surface area (Å²) in [6, 6.07) is 23.4. The van der Waals surface area contributed by atoms with Crippen molar-refractivity contribution >= 4 is 29.1 Å². The van der Waals surface area contributed by atoms with E-state index < -0.39 is 0 Å². The molecule has 2 aliphatic rings. The molecule has 2 heterocycles. The lowest BCUT2D eigenvalue weighted by Gasteiger charge is -2.41. The van der Waals surface area contributed by atoms with Gasteiger partial charge in [-0.15, -0.1) is 0 Å². The molecule has 1 saturated heterocycles. The highest BCUT2D eigenvalue weighted by Crippen LogP contribution is 2.34. The van der Waals surface area contributed by atoms with Gasteiger partial charge in [0.15, 0.2) is 0 Å². The number of piperidine rings is 1. The first-order valence-corrected chi connectivity index (χ1v) is 12.8. The van der Waals surface area contributed by atoms with Crippen LogP contribution in [0.2, 0.25) is 0 Å². The van der Waals surface area contributed by atoms with Gasteiger partial charge >= 0.3 is 6.09 Å². The van der Waals surface area contributed by atoms with Crippen LogP contribution < -0.4 is 20.6 Å². The Balaban J connectivity index is 1.18. The van der Waals surface area contributed by atoms with Crippen molar-refractivity contribution in [1.82, 2.24) is 5.32 Å². The first kappa shape index (κ1) is 24.6. The Morgan fingerprint density at radius 1 is 0.973 bits per heavy atom. The molecule has 2 aliphatic heterocycles. The summed E-state index contributed by atoms with van der Waals surface area (Å²) in [5, 5.41) is 12.8. The molecule has 3 aromatic rings. The van der Waals surface area contributed by atoms with Crippen LogP contribution in [-0.2, 0) is 17.8 Å². The Hall–Kier alpha value is -4.04. The maximum Gasteiger partial charge on any atom is 0.414 e. The summed E-state index contributed by atoms with van der Waals surface area (Å²) in [6.07, 6.45) is 2.98. The summed E-state index contributed by atoms with van der Waals surface area (Å²) in [5.41, 5.74) is 7.25. The Bertz CT molecular complexity index is 1240. The largest absolute Gasteiger partial charge is 0.444 e. The normalized spacial score (nSPS) is 15.6. The molecule has 0 aliphatic carbocycles. The van der Waals surface area contributed by atoms with Crippen molar-refractivity contribution in [1.29, 1.82) is 0 Å². The van der Waals surface area contributed by atoms with Crippen molar-refractivity contribution in [2.45, 2.75) is 38.3 Å². The van der Waals surface area contributed by atoms with E-state index in [2.05, 4.69) is 27.8 Å². The number of carbonyl (C=O) groups is 2. The van der Waals surface area contributed by atoms with Gasteiger partial charge in [0, 0.05) is 36.8 Å². The third-order valence-electron chi connectivity index (χ3n) is 7.12. The molecule has 2 amide bonds. The number of hydrogen-bond acceptors (Lipinski definition) is 6. The summed E-state index contributed by atoms with van der Waals surface area (Å²) in [5.74, 6) is -0.169. The monoisotopic (exact) mass is 500 g/mol. The van der Waals surface area contributed by atoms with Crippen LogP contribution in [-0.4, -0.2) is 42.9 Å². The minimum atomic E-state index is -0.297. The van der Waals surface area contributed by atoms with Crippen molar-refractivity contribution in [2.24, 2.45) is 0 Å². The number of carbonyl (C=O) groups excluding carboxylic acids is 2. The lowest BCUT2D eigenvalue weighted by atomic mass is 9.99. The average Bonchev–Trinajstić information content (AvgIpc) is 2.95. The fraction of sp³-hybridized carbons (Fsp3) is 0.310. The van der Waals surface area contributed by atoms with E-state index in [1.165, 1.54) is 5.56 Å². The second kappa shape index (κ2) is 11.3. The summed E-state index contributed by atoms with van der Waals surface area (Å²) in [4.78, 5) is 29.2. The summed E-state index contributed by atoms with van der Waals surface area (Å²) < 4.78 is 5.40. The molecule has 0 spiro atoms. The molecular weight excluding hydrogens is 468 g/mol. The molecule has 8 heteroatoms. The number of para-hydroxylation sites is 1. The number of nitrogens with one attached hydrogen (secondary N) is 2. The number of anilines is 3. The maximum atomic E-state index is 12.7. The predicted molar refractivity (Wildman–Crippen MR) is 143 cm³/mol. The van der Waals surface area contributed by atoms with E-state index in [9.17, 15) is 14.8 Å². The Morgan fingerprint density at radius 2 is 1.73 bits per heavy atom. The van der Waals surface area contributed by atoms with E-state index in [0.29, 0.717) is 37.5 Å². The average molecular weight is 501 g/mol. The van der Waals surface area contributed by atoms with E-state index in [4.69, 9.17) is 4.74 Å². The molecule has 192 valence electrons. The quantitative estimate of drug-likeness (QED) is 0.299. The number of nitrogens with zero attached hydrogens (tertiary/aromatic N) is 2. The zero-order chi connectivity index (χ0) is 25.6. The molecule has 0 saturated carbocycles. The molecule has 0 radical (unpaired) electrons. The molecule has 3 aromatic carbocycles. The number of rotatable bonds is 8. The third kappa shape index (κ3) is 5.54. The second-order valence-electron chi connectivity index (χ2n) is 9.46. The zero-order valence-corrected chi connectivity index (χ0v) is 20.7. The number of ether oxygens (including phenoxy) is 1. The van der Waals surface area contributed by atoms with Crippen LogP contribution in [0.4, 0.5) is 21.9 Å². The molecule has 0 aromatic heterocycles. The fourth-order valence-corrected chi connectivity index (χ4v) is 5.17. The SMILES string of the molecule is O=C(NCCCc1ccccc1)c1ccc(N2CCC(N3C(=O)OCc4ccccc43)CC2)c(NO)c1. The number of amides is 2. The maximum absolute atomic E-state index is 12.7. The van der Waals surface area contributed by atoms with E-state index in [0.717, 1.165) is 42.6 Å². The number of hydrogen-bond donors (Lipinski definition) is 3. The van der Waals surface area contributed by atoms with Gasteiger partial charge in [0.25, 0.3) is 5.91 Å². The number of cyclic esters (lactones) is 1. The smallest absolute Gasteiger partial charge is 0.414 e. The highest BCUT2D eigenvalue weighted by molar-refractivity contribution is 5.96. The van der Waals surface area contributed by atoms with Gasteiger partial charge in [-0.1, -0.05) is 48.5 Å². The van der Waals surface area contributed by atoms with Crippen molar-refractivity contribution in [3.8, 4) is 0 Å². The van der Waals surface area contributed by atoms with E-state index in [-0.39, 0.29) is 18.0 Å². The standard InChI is InChI=1S/C29H32N4O4/c34-28(30-16-6-9-21-7-2-1-3-8-21)22-12-13-27(25(19-22)31-36)32-17-14-24(15-18-32)33-26-11-5-4-10-23(26)20-37-29(33)35/h1-5,7-8,10-13,19,24,31,36H,6,9,14-18,20H2,(H,30,34). The van der Waals surface area contributed by atoms with Crippen molar-refractivity contribution in [3.05, 3.63) is 89.5 Å².